The number of aromatic nitrogens is 3. The molecule has 0 spiro atoms. The van der Waals surface area contributed by atoms with Gasteiger partial charge in [-0.2, -0.15) is 4.98 Å². The second-order valence-corrected chi connectivity index (χ2v) is 5.92. The van der Waals surface area contributed by atoms with E-state index < -0.39 is 0 Å². The molecule has 0 aromatic carbocycles. The molecular weight excluding hydrogens is 254 g/mol. The predicted octanol–water partition coefficient (Wildman–Crippen LogP) is 1.94. The van der Waals surface area contributed by atoms with Gasteiger partial charge in [-0.3, -0.25) is 5.10 Å². The Labute approximate surface area is 118 Å². The first-order chi connectivity index (χ1) is 9.61. The minimum absolute atomic E-state index is 0.257. The van der Waals surface area contributed by atoms with Gasteiger partial charge in [0.15, 0.2) is 11.6 Å². The normalized spacial score (nSPS) is 18.4. The molecule has 0 radical (unpaired) electrons. The van der Waals surface area contributed by atoms with E-state index in [2.05, 4.69) is 27.0 Å². The van der Waals surface area contributed by atoms with Crippen LogP contribution >= 0.6 is 0 Å². The van der Waals surface area contributed by atoms with Crippen molar-refractivity contribution in [1.29, 1.82) is 0 Å². The zero-order chi connectivity index (χ0) is 14.2. The zero-order valence-electron chi connectivity index (χ0n) is 12.0. The lowest BCUT2D eigenvalue weighted by molar-refractivity contribution is 0.257. The SMILES string of the molecule is Cc1ccoc1-c1nc(N2CCC(C)(CN)CC2)n[nH]1. The van der Waals surface area contributed by atoms with Gasteiger partial charge in [0, 0.05) is 13.1 Å². The highest BCUT2D eigenvalue weighted by Gasteiger charge is 2.30. The molecule has 3 N–H and O–H groups in total. The van der Waals surface area contributed by atoms with Gasteiger partial charge < -0.3 is 15.1 Å². The van der Waals surface area contributed by atoms with Crippen molar-refractivity contribution in [3.63, 3.8) is 0 Å². The topological polar surface area (TPSA) is 84.0 Å². The van der Waals surface area contributed by atoms with Crippen molar-refractivity contribution in [3.05, 3.63) is 17.9 Å². The van der Waals surface area contributed by atoms with Gasteiger partial charge in [0.1, 0.15) is 0 Å². The van der Waals surface area contributed by atoms with Gasteiger partial charge in [-0.05, 0) is 43.4 Å². The maximum Gasteiger partial charge on any atom is 0.245 e. The number of aryl methyl sites for hydroxylation is 1. The fraction of sp³-hybridized carbons (Fsp3) is 0.571. The van der Waals surface area contributed by atoms with E-state index in [4.69, 9.17) is 10.2 Å². The van der Waals surface area contributed by atoms with Crippen molar-refractivity contribution >= 4 is 5.95 Å². The fourth-order valence-corrected chi connectivity index (χ4v) is 2.56. The lowest BCUT2D eigenvalue weighted by atomic mass is 9.81. The second-order valence-electron chi connectivity index (χ2n) is 5.92. The van der Waals surface area contributed by atoms with Gasteiger partial charge in [-0.1, -0.05) is 6.92 Å². The molecule has 0 bridgehead atoms. The van der Waals surface area contributed by atoms with Gasteiger partial charge in [-0.15, -0.1) is 5.10 Å². The Bertz CT molecular complexity index is 580. The Morgan fingerprint density at radius 2 is 2.20 bits per heavy atom. The number of nitrogens with zero attached hydrogens (tertiary/aromatic N) is 3. The second kappa shape index (κ2) is 4.94. The Balaban J connectivity index is 1.74. The van der Waals surface area contributed by atoms with Gasteiger partial charge in [0.25, 0.3) is 0 Å². The van der Waals surface area contributed by atoms with E-state index in [9.17, 15) is 0 Å². The van der Waals surface area contributed by atoms with Crippen LogP contribution in [0.15, 0.2) is 16.7 Å². The average molecular weight is 275 g/mol. The number of nitrogens with two attached hydrogens (primary N) is 1. The van der Waals surface area contributed by atoms with E-state index in [-0.39, 0.29) is 5.41 Å². The maximum atomic E-state index is 5.84. The third-order valence-electron chi connectivity index (χ3n) is 4.30. The lowest BCUT2D eigenvalue weighted by Crippen LogP contribution is -2.42. The number of piperidine rings is 1. The van der Waals surface area contributed by atoms with E-state index in [0.717, 1.165) is 49.7 Å². The molecule has 20 heavy (non-hydrogen) atoms. The largest absolute Gasteiger partial charge is 0.461 e. The number of hydrogen-bond acceptors (Lipinski definition) is 5. The van der Waals surface area contributed by atoms with Crippen molar-refractivity contribution in [2.45, 2.75) is 26.7 Å². The Hall–Kier alpha value is -1.82. The predicted molar refractivity (Wildman–Crippen MR) is 77.4 cm³/mol. The number of rotatable bonds is 3. The first kappa shape index (κ1) is 13.2. The summed E-state index contributed by atoms with van der Waals surface area (Å²) in [5, 5.41) is 7.27. The Kier molecular flexibility index (Phi) is 3.25. The molecule has 108 valence electrons. The van der Waals surface area contributed by atoms with Crippen molar-refractivity contribution in [3.8, 4) is 11.6 Å². The first-order valence-electron chi connectivity index (χ1n) is 7.03. The average Bonchev–Trinajstić information content (AvgIpc) is 3.08. The standard InChI is InChI=1S/C14H21N5O/c1-10-3-8-20-11(10)12-16-13(18-17-12)19-6-4-14(2,9-15)5-7-19/h3,8H,4-7,9,15H2,1-2H3,(H,16,17,18). The number of anilines is 1. The minimum Gasteiger partial charge on any atom is -0.461 e. The summed E-state index contributed by atoms with van der Waals surface area (Å²) in [4.78, 5) is 6.75. The number of nitrogens with one attached hydrogen (secondary N) is 1. The molecule has 3 rings (SSSR count). The van der Waals surface area contributed by atoms with Gasteiger partial charge in [-0.25, -0.2) is 0 Å². The lowest BCUT2D eigenvalue weighted by Gasteiger charge is -2.38. The van der Waals surface area contributed by atoms with Crippen LogP contribution in [-0.4, -0.2) is 34.8 Å². The molecule has 2 aromatic heterocycles. The molecule has 0 unspecified atom stereocenters. The zero-order valence-corrected chi connectivity index (χ0v) is 12.0. The van der Waals surface area contributed by atoms with Crippen molar-refractivity contribution < 1.29 is 4.42 Å². The molecular formula is C14H21N5O. The van der Waals surface area contributed by atoms with Crippen LogP contribution in [0.4, 0.5) is 5.95 Å². The molecule has 1 fully saturated rings. The van der Waals surface area contributed by atoms with Crippen LogP contribution < -0.4 is 10.6 Å². The molecule has 0 saturated carbocycles. The number of aromatic amines is 1. The summed E-state index contributed by atoms with van der Waals surface area (Å²) < 4.78 is 5.43. The van der Waals surface area contributed by atoms with Crippen LogP contribution in [0, 0.1) is 12.3 Å². The van der Waals surface area contributed by atoms with Crippen molar-refractivity contribution in [2.24, 2.45) is 11.1 Å². The van der Waals surface area contributed by atoms with Gasteiger partial charge >= 0.3 is 0 Å². The van der Waals surface area contributed by atoms with Crippen molar-refractivity contribution in [1.82, 2.24) is 15.2 Å². The van der Waals surface area contributed by atoms with Gasteiger partial charge in [0.2, 0.25) is 5.95 Å². The highest BCUT2D eigenvalue weighted by molar-refractivity contribution is 5.53. The first-order valence-corrected chi connectivity index (χ1v) is 7.03. The smallest absolute Gasteiger partial charge is 0.245 e. The summed E-state index contributed by atoms with van der Waals surface area (Å²) in [5.41, 5.74) is 7.15. The van der Waals surface area contributed by atoms with E-state index in [1.54, 1.807) is 6.26 Å². The third-order valence-corrected chi connectivity index (χ3v) is 4.30. The molecule has 1 aliphatic rings. The van der Waals surface area contributed by atoms with Crippen LogP contribution in [0.3, 0.4) is 0 Å². The molecule has 0 amide bonds. The quantitative estimate of drug-likeness (QED) is 0.894. The van der Waals surface area contributed by atoms with E-state index >= 15 is 0 Å². The number of hydrogen-bond donors (Lipinski definition) is 2. The number of furan rings is 1. The highest BCUT2D eigenvalue weighted by atomic mass is 16.3. The molecule has 1 aliphatic heterocycles. The molecule has 2 aromatic rings. The minimum atomic E-state index is 0.257. The maximum absolute atomic E-state index is 5.84. The molecule has 3 heterocycles. The van der Waals surface area contributed by atoms with Crippen LogP contribution in [0.25, 0.3) is 11.6 Å². The summed E-state index contributed by atoms with van der Waals surface area (Å²) in [6, 6.07) is 1.92. The molecule has 6 nitrogen and oxygen atoms in total. The highest BCUT2D eigenvalue weighted by Crippen LogP contribution is 2.31. The van der Waals surface area contributed by atoms with Crippen LogP contribution in [-0.2, 0) is 0 Å². The molecule has 1 saturated heterocycles. The summed E-state index contributed by atoms with van der Waals surface area (Å²) in [6.45, 7) is 6.88. The Morgan fingerprint density at radius 1 is 1.45 bits per heavy atom. The van der Waals surface area contributed by atoms with Gasteiger partial charge in [0.05, 0.1) is 6.26 Å². The summed E-state index contributed by atoms with van der Waals surface area (Å²) in [6.07, 6.45) is 3.82. The summed E-state index contributed by atoms with van der Waals surface area (Å²) in [7, 11) is 0. The van der Waals surface area contributed by atoms with Crippen molar-refractivity contribution in [2.75, 3.05) is 24.5 Å². The monoisotopic (exact) mass is 275 g/mol. The van der Waals surface area contributed by atoms with Crippen LogP contribution in [0.5, 0.6) is 0 Å². The molecule has 0 atom stereocenters. The van der Waals surface area contributed by atoms with E-state index in [1.807, 2.05) is 13.0 Å². The van der Waals surface area contributed by atoms with Crippen LogP contribution in [0.2, 0.25) is 0 Å². The van der Waals surface area contributed by atoms with E-state index in [1.165, 1.54) is 0 Å². The summed E-state index contributed by atoms with van der Waals surface area (Å²) >= 11 is 0. The Morgan fingerprint density at radius 3 is 2.80 bits per heavy atom. The summed E-state index contributed by atoms with van der Waals surface area (Å²) in [5.74, 6) is 2.19. The fourth-order valence-electron chi connectivity index (χ4n) is 2.56. The molecule has 6 heteroatoms. The number of H-pyrrole nitrogens is 1. The van der Waals surface area contributed by atoms with E-state index in [0.29, 0.717) is 5.82 Å². The molecule has 0 aliphatic carbocycles. The van der Waals surface area contributed by atoms with Crippen LogP contribution in [0.1, 0.15) is 25.3 Å². The third kappa shape index (κ3) is 2.31.